The number of hydrogen-bond acceptors (Lipinski definition) is 5. The summed E-state index contributed by atoms with van der Waals surface area (Å²) in [5, 5.41) is 9.94. The Labute approximate surface area is 125 Å². The highest BCUT2D eigenvalue weighted by Gasteiger charge is 2.25. The van der Waals surface area contributed by atoms with E-state index in [4.69, 9.17) is 4.74 Å². The van der Waals surface area contributed by atoms with Crippen molar-refractivity contribution < 1.29 is 13.2 Å². The van der Waals surface area contributed by atoms with Gasteiger partial charge in [0.15, 0.2) is 0 Å². The number of aromatic nitrogens is 2. The van der Waals surface area contributed by atoms with Crippen molar-refractivity contribution in [2.45, 2.75) is 38.1 Å². The van der Waals surface area contributed by atoms with Crippen molar-refractivity contribution in [3.05, 3.63) is 11.4 Å². The number of ether oxygens (including phenoxy) is 1. The highest BCUT2D eigenvalue weighted by atomic mass is 32.2. The van der Waals surface area contributed by atoms with Crippen molar-refractivity contribution in [3.63, 3.8) is 0 Å². The molecule has 120 valence electrons. The molecule has 1 unspecified atom stereocenters. The van der Waals surface area contributed by atoms with Gasteiger partial charge in [0.1, 0.15) is 4.90 Å². The molecule has 0 aromatic carbocycles. The van der Waals surface area contributed by atoms with Gasteiger partial charge in [-0.15, -0.1) is 0 Å². The van der Waals surface area contributed by atoms with Crippen LogP contribution in [0, 0.1) is 12.8 Å². The minimum atomic E-state index is -3.55. The minimum absolute atomic E-state index is 0.248. The molecule has 0 bridgehead atoms. The molecule has 1 saturated heterocycles. The molecule has 1 atom stereocenters. The summed E-state index contributed by atoms with van der Waals surface area (Å²) >= 11 is 0. The van der Waals surface area contributed by atoms with E-state index in [2.05, 4.69) is 20.2 Å². The molecule has 0 radical (unpaired) electrons. The Morgan fingerprint density at radius 1 is 1.48 bits per heavy atom. The lowest BCUT2D eigenvalue weighted by molar-refractivity contribution is 0.0568. The van der Waals surface area contributed by atoms with Gasteiger partial charge in [-0.1, -0.05) is 6.92 Å². The number of hydrogen-bond donors (Lipinski definition) is 3. The topological polar surface area (TPSA) is 96.1 Å². The molecule has 3 N–H and O–H groups in total. The first-order valence-electron chi connectivity index (χ1n) is 7.36. The molecule has 0 spiro atoms. The molecule has 1 aliphatic rings. The van der Waals surface area contributed by atoms with E-state index < -0.39 is 10.0 Å². The van der Waals surface area contributed by atoms with E-state index in [-0.39, 0.29) is 10.8 Å². The zero-order chi connectivity index (χ0) is 15.3. The van der Waals surface area contributed by atoms with Crippen molar-refractivity contribution in [3.8, 4) is 0 Å². The maximum atomic E-state index is 12.5. The normalized spacial score (nSPS) is 19.8. The Hall–Kier alpha value is -0.960. The fourth-order valence-corrected chi connectivity index (χ4v) is 3.93. The molecule has 0 saturated carbocycles. The first-order chi connectivity index (χ1) is 10.0. The third-order valence-corrected chi connectivity index (χ3v) is 5.22. The van der Waals surface area contributed by atoms with Gasteiger partial charge in [-0.3, -0.25) is 5.10 Å². The predicted molar refractivity (Wildman–Crippen MR) is 79.4 cm³/mol. The van der Waals surface area contributed by atoms with E-state index in [1.54, 1.807) is 6.92 Å². The Morgan fingerprint density at radius 3 is 2.95 bits per heavy atom. The zero-order valence-corrected chi connectivity index (χ0v) is 13.4. The summed E-state index contributed by atoms with van der Waals surface area (Å²) in [5.74, 6) is 0.248. The van der Waals surface area contributed by atoms with Crippen LogP contribution in [0.3, 0.4) is 0 Å². The van der Waals surface area contributed by atoms with E-state index in [1.165, 1.54) is 0 Å². The van der Waals surface area contributed by atoms with Crippen LogP contribution in [-0.4, -0.2) is 44.9 Å². The SMILES string of the molecule is CCNCc1n[nH]c(C)c1S(=O)(=O)NCC1CCCOC1. The summed E-state index contributed by atoms with van der Waals surface area (Å²) in [4.78, 5) is 0.264. The molecule has 21 heavy (non-hydrogen) atoms. The third-order valence-electron chi connectivity index (χ3n) is 3.59. The smallest absolute Gasteiger partial charge is 0.244 e. The van der Waals surface area contributed by atoms with Crippen molar-refractivity contribution >= 4 is 10.0 Å². The number of sulfonamides is 1. The average Bonchev–Trinajstić information content (AvgIpc) is 2.86. The standard InChI is InChI=1S/C13H24N4O3S/c1-3-14-8-12-13(10(2)16-17-12)21(18,19)15-7-11-5-4-6-20-9-11/h11,14-15H,3-9H2,1-2H3,(H,16,17). The Bertz CT molecular complexity index is 550. The maximum absolute atomic E-state index is 12.5. The van der Waals surface area contributed by atoms with Gasteiger partial charge in [-0.2, -0.15) is 5.10 Å². The van der Waals surface area contributed by atoms with Gasteiger partial charge in [0.2, 0.25) is 10.0 Å². The molecule has 0 amide bonds. The summed E-state index contributed by atoms with van der Waals surface area (Å²) < 4.78 is 33.1. The lowest BCUT2D eigenvalue weighted by Gasteiger charge is -2.22. The number of rotatable bonds is 7. The summed E-state index contributed by atoms with van der Waals surface area (Å²) in [7, 11) is -3.55. The Balaban J connectivity index is 2.05. The number of aromatic amines is 1. The van der Waals surface area contributed by atoms with Gasteiger partial charge in [0, 0.05) is 19.7 Å². The summed E-state index contributed by atoms with van der Waals surface area (Å²) in [6.07, 6.45) is 1.99. The maximum Gasteiger partial charge on any atom is 0.244 e. The van der Waals surface area contributed by atoms with Gasteiger partial charge < -0.3 is 10.1 Å². The minimum Gasteiger partial charge on any atom is -0.381 e. The monoisotopic (exact) mass is 316 g/mol. The highest BCUT2D eigenvalue weighted by molar-refractivity contribution is 7.89. The van der Waals surface area contributed by atoms with Crippen molar-refractivity contribution in [1.82, 2.24) is 20.2 Å². The van der Waals surface area contributed by atoms with Crippen LogP contribution < -0.4 is 10.0 Å². The number of H-pyrrole nitrogens is 1. The Morgan fingerprint density at radius 2 is 2.29 bits per heavy atom. The number of aryl methyl sites for hydroxylation is 1. The van der Waals surface area contributed by atoms with Crippen molar-refractivity contribution in [2.75, 3.05) is 26.3 Å². The molecule has 2 rings (SSSR count). The van der Waals surface area contributed by atoms with Crippen molar-refractivity contribution in [1.29, 1.82) is 0 Å². The van der Waals surface area contributed by atoms with Gasteiger partial charge in [-0.05, 0) is 32.2 Å². The van der Waals surface area contributed by atoms with Crippen LogP contribution in [0.15, 0.2) is 4.90 Å². The molecule has 1 aromatic heterocycles. The summed E-state index contributed by atoms with van der Waals surface area (Å²) in [5.41, 5.74) is 1.09. The van der Waals surface area contributed by atoms with Gasteiger partial charge >= 0.3 is 0 Å². The van der Waals surface area contributed by atoms with Gasteiger partial charge in [0.05, 0.1) is 18.0 Å². The molecule has 1 aromatic rings. The fraction of sp³-hybridized carbons (Fsp3) is 0.769. The number of nitrogens with one attached hydrogen (secondary N) is 3. The largest absolute Gasteiger partial charge is 0.381 e. The number of nitrogens with zero attached hydrogens (tertiary/aromatic N) is 1. The van der Waals surface area contributed by atoms with E-state index >= 15 is 0 Å². The molecular formula is C13H24N4O3S. The average molecular weight is 316 g/mol. The Kier molecular flexibility index (Phi) is 5.74. The second-order valence-electron chi connectivity index (χ2n) is 5.34. The predicted octanol–water partition coefficient (Wildman–Crippen LogP) is 0.533. The van der Waals surface area contributed by atoms with E-state index in [1.807, 2.05) is 6.92 Å². The van der Waals surface area contributed by atoms with Crippen LogP contribution >= 0.6 is 0 Å². The van der Waals surface area contributed by atoms with Gasteiger partial charge in [-0.25, -0.2) is 13.1 Å². The molecule has 0 aliphatic carbocycles. The summed E-state index contributed by atoms with van der Waals surface area (Å²) in [6.45, 7) is 6.69. The second kappa shape index (κ2) is 7.35. The molecule has 2 heterocycles. The van der Waals surface area contributed by atoms with Crippen LogP contribution in [0.25, 0.3) is 0 Å². The molecular weight excluding hydrogens is 292 g/mol. The van der Waals surface area contributed by atoms with Crippen LogP contribution in [-0.2, 0) is 21.3 Å². The lowest BCUT2D eigenvalue weighted by atomic mass is 10.0. The van der Waals surface area contributed by atoms with E-state index in [0.717, 1.165) is 26.0 Å². The molecule has 1 aliphatic heterocycles. The third kappa shape index (κ3) is 4.26. The quantitative estimate of drug-likeness (QED) is 0.682. The van der Waals surface area contributed by atoms with E-state index in [0.29, 0.717) is 31.1 Å². The van der Waals surface area contributed by atoms with Crippen LogP contribution in [0.5, 0.6) is 0 Å². The molecule has 7 nitrogen and oxygen atoms in total. The lowest BCUT2D eigenvalue weighted by Crippen LogP contribution is -2.34. The first-order valence-corrected chi connectivity index (χ1v) is 8.85. The second-order valence-corrected chi connectivity index (χ2v) is 7.04. The van der Waals surface area contributed by atoms with Crippen LogP contribution in [0.4, 0.5) is 0 Å². The summed E-state index contributed by atoms with van der Waals surface area (Å²) in [6, 6.07) is 0. The van der Waals surface area contributed by atoms with Crippen molar-refractivity contribution in [2.24, 2.45) is 5.92 Å². The first kappa shape index (κ1) is 16.4. The van der Waals surface area contributed by atoms with E-state index in [9.17, 15) is 8.42 Å². The highest BCUT2D eigenvalue weighted by Crippen LogP contribution is 2.19. The zero-order valence-electron chi connectivity index (χ0n) is 12.6. The fourth-order valence-electron chi connectivity index (χ4n) is 2.46. The van der Waals surface area contributed by atoms with Crippen LogP contribution in [0.1, 0.15) is 31.2 Å². The van der Waals surface area contributed by atoms with Gasteiger partial charge in [0.25, 0.3) is 0 Å². The molecule has 8 heteroatoms. The molecule has 1 fully saturated rings. The van der Waals surface area contributed by atoms with Crippen LogP contribution in [0.2, 0.25) is 0 Å².